The maximum absolute atomic E-state index is 14.0. The van der Waals surface area contributed by atoms with Crippen molar-refractivity contribution in [2.75, 3.05) is 19.7 Å². The third-order valence-electron chi connectivity index (χ3n) is 8.59. The van der Waals surface area contributed by atoms with Crippen LogP contribution in [0.25, 0.3) is 0 Å². The molecule has 0 radical (unpaired) electrons. The molecule has 0 saturated heterocycles. The fraction of sp³-hybridized carbons (Fsp3) is 0.293. The Morgan fingerprint density at radius 3 is 2.04 bits per heavy atom. The molecule has 4 aromatic carbocycles. The minimum Gasteiger partial charge on any atom is -0.490 e. The normalized spacial score (nSPS) is 14.5. The highest BCUT2D eigenvalue weighted by molar-refractivity contribution is 6.20. The summed E-state index contributed by atoms with van der Waals surface area (Å²) >= 11 is 0. The number of ether oxygens (including phenoxy) is 3. The molecule has 4 aromatic rings. The zero-order valence-corrected chi connectivity index (χ0v) is 30.4. The van der Waals surface area contributed by atoms with Gasteiger partial charge in [-0.3, -0.25) is 14.6 Å². The van der Waals surface area contributed by atoms with Gasteiger partial charge in [-0.05, 0) is 73.7 Å². The van der Waals surface area contributed by atoms with Gasteiger partial charge in [-0.1, -0.05) is 78.9 Å². The maximum atomic E-state index is 14.0. The first-order valence-corrected chi connectivity index (χ1v) is 17.7. The number of hydroxylamine groups is 2. The zero-order valence-electron chi connectivity index (χ0n) is 30.4. The lowest BCUT2D eigenvalue weighted by atomic mass is 10.0. The van der Waals surface area contributed by atoms with Crippen molar-refractivity contribution in [3.63, 3.8) is 0 Å². The van der Waals surface area contributed by atoms with Crippen molar-refractivity contribution < 1.29 is 38.2 Å². The molecular formula is C41H43N5O8. The number of nitrogens with zero attached hydrogens (tertiary/aromatic N) is 3. The second-order valence-corrected chi connectivity index (χ2v) is 13.8. The summed E-state index contributed by atoms with van der Waals surface area (Å²) < 4.78 is 17.4. The van der Waals surface area contributed by atoms with Crippen LogP contribution >= 0.6 is 0 Å². The van der Waals surface area contributed by atoms with Gasteiger partial charge in [-0.15, -0.1) is 5.06 Å². The SMILES string of the molecule is CC(C)(C)OC(=O)NCCCN=C(N)N1Cc2ccc(OC[C@H](ON3C(=O)c4ccccc4C3=O)C(=O)OC(c3ccccc3)c3ccccc3)cc2C1. The van der Waals surface area contributed by atoms with E-state index in [4.69, 9.17) is 24.8 Å². The van der Waals surface area contributed by atoms with Crippen molar-refractivity contribution in [1.29, 1.82) is 0 Å². The number of fused-ring (bicyclic) bond motifs is 2. The Labute approximate surface area is 313 Å². The van der Waals surface area contributed by atoms with Gasteiger partial charge in [0.25, 0.3) is 11.8 Å². The highest BCUT2D eigenvalue weighted by Crippen LogP contribution is 2.30. The van der Waals surface area contributed by atoms with Crippen LogP contribution in [-0.4, -0.2) is 71.2 Å². The molecule has 0 saturated carbocycles. The van der Waals surface area contributed by atoms with E-state index < -0.39 is 41.7 Å². The fourth-order valence-electron chi connectivity index (χ4n) is 5.98. The van der Waals surface area contributed by atoms with E-state index in [9.17, 15) is 19.2 Å². The average molecular weight is 734 g/mol. The first-order chi connectivity index (χ1) is 26.0. The van der Waals surface area contributed by atoms with E-state index in [0.717, 1.165) is 22.3 Å². The molecule has 0 spiro atoms. The molecule has 280 valence electrons. The van der Waals surface area contributed by atoms with Crippen molar-refractivity contribution in [3.05, 3.63) is 137 Å². The topological polar surface area (TPSA) is 162 Å². The number of amides is 3. The Morgan fingerprint density at radius 2 is 1.43 bits per heavy atom. The Bertz CT molecular complexity index is 1940. The Hall–Kier alpha value is -6.21. The van der Waals surface area contributed by atoms with E-state index in [1.807, 2.05) is 77.7 Å². The van der Waals surface area contributed by atoms with Crippen molar-refractivity contribution >= 4 is 29.8 Å². The van der Waals surface area contributed by atoms with Crippen LogP contribution in [0.5, 0.6) is 5.75 Å². The zero-order chi connectivity index (χ0) is 38.2. The number of benzene rings is 4. The van der Waals surface area contributed by atoms with Gasteiger partial charge in [-0.25, -0.2) is 14.4 Å². The number of carbonyl (C=O) groups is 4. The monoisotopic (exact) mass is 733 g/mol. The molecule has 2 heterocycles. The lowest BCUT2D eigenvalue weighted by Crippen LogP contribution is -2.42. The molecule has 1 atom stereocenters. The van der Waals surface area contributed by atoms with Crippen LogP contribution in [-0.2, 0) is 32.2 Å². The van der Waals surface area contributed by atoms with Gasteiger partial charge in [0.2, 0.25) is 6.10 Å². The van der Waals surface area contributed by atoms with E-state index >= 15 is 0 Å². The largest absolute Gasteiger partial charge is 0.490 e. The van der Waals surface area contributed by atoms with Gasteiger partial charge in [0.15, 0.2) is 12.1 Å². The number of nitrogens with two attached hydrogens (primary N) is 1. The highest BCUT2D eigenvalue weighted by atomic mass is 16.7. The summed E-state index contributed by atoms with van der Waals surface area (Å²) in [6, 6.07) is 30.3. The Kier molecular flexibility index (Phi) is 11.6. The van der Waals surface area contributed by atoms with Gasteiger partial charge < -0.3 is 30.2 Å². The second-order valence-electron chi connectivity index (χ2n) is 13.8. The molecule has 3 N–H and O–H groups in total. The molecule has 54 heavy (non-hydrogen) atoms. The van der Waals surface area contributed by atoms with E-state index in [2.05, 4.69) is 10.3 Å². The van der Waals surface area contributed by atoms with Crippen LogP contribution in [0.4, 0.5) is 4.79 Å². The molecule has 2 aliphatic rings. The lowest BCUT2D eigenvalue weighted by molar-refractivity contribution is -0.187. The number of guanidine groups is 1. The summed E-state index contributed by atoms with van der Waals surface area (Å²) in [5, 5.41) is 3.30. The molecule has 0 fully saturated rings. The predicted molar refractivity (Wildman–Crippen MR) is 199 cm³/mol. The molecule has 0 aromatic heterocycles. The molecule has 13 nitrogen and oxygen atoms in total. The molecule has 0 aliphatic carbocycles. The minimum atomic E-state index is -1.50. The number of imide groups is 1. The number of aliphatic imine (C=N–C) groups is 1. The van der Waals surface area contributed by atoms with Gasteiger partial charge >= 0.3 is 12.1 Å². The van der Waals surface area contributed by atoms with Crippen LogP contribution < -0.4 is 15.8 Å². The van der Waals surface area contributed by atoms with E-state index in [-0.39, 0.29) is 17.7 Å². The summed E-state index contributed by atoms with van der Waals surface area (Å²) in [5.74, 6) is -1.40. The molecule has 0 unspecified atom stereocenters. The van der Waals surface area contributed by atoms with E-state index in [1.165, 1.54) is 12.1 Å². The first-order valence-electron chi connectivity index (χ1n) is 17.7. The molecule has 0 bridgehead atoms. The van der Waals surface area contributed by atoms with Crippen LogP contribution in [0.15, 0.2) is 108 Å². The summed E-state index contributed by atoms with van der Waals surface area (Å²) in [6.45, 7) is 6.88. The van der Waals surface area contributed by atoms with Gasteiger partial charge in [0, 0.05) is 26.2 Å². The van der Waals surface area contributed by atoms with E-state index in [0.29, 0.717) is 49.4 Å². The Balaban J connectivity index is 1.12. The standard InChI is InChI=1S/C41H43N5O8/c1-41(2,3)53-40(50)44-22-12-21-43-39(42)45-24-29-19-20-31(23-30(29)25-45)51-26-34(54-46-36(47)32-17-10-11-18-33(32)37(46)48)38(49)52-35(27-13-6-4-7-14-27)28-15-8-5-9-16-28/h4-11,13-20,23,34-35H,12,21-22,24-26H2,1-3H3,(H2,42,43)(H,44,50)/t34-/m0/s1. The summed E-state index contributed by atoms with van der Waals surface area (Å²) in [4.78, 5) is 64.6. The molecule has 3 amide bonds. The molecule has 2 aliphatic heterocycles. The van der Waals surface area contributed by atoms with Crippen LogP contribution in [0.3, 0.4) is 0 Å². The number of alkyl carbamates (subject to hydrolysis) is 1. The van der Waals surface area contributed by atoms with Gasteiger partial charge in [0.05, 0.1) is 11.1 Å². The number of nitrogens with one attached hydrogen (secondary N) is 1. The molecular weight excluding hydrogens is 690 g/mol. The lowest BCUT2D eigenvalue weighted by Gasteiger charge is -2.25. The van der Waals surface area contributed by atoms with E-state index in [1.54, 1.807) is 39.0 Å². The number of rotatable bonds is 13. The number of carbonyl (C=O) groups excluding carboxylic acids is 4. The highest BCUT2D eigenvalue weighted by Gasteiger charge is 2.41. The predicted octanol–water partition coefficient (Wildman–Crippen LogP) is 5.54. The number of esters is 1. The van der Waals surface area contributed by atoms with Gasteiger partial charge in [0.1, 0.15) is 18.0 Å². The first kappa shape index (κ1) is 37.5. The van der Waals surface area contributed by atoms with Crippen molar-refractivity contribution in [3.8, 4) is 5.75 Å². The van der Waals surface area contributed by atoms with Crippen molar-refractivity contribution in [2.45, 2.75) is 58.1 Å². The fourth-order valence-corrected chi connectivity index (χ4v) is 5.98. The average Bonchev–Trinajstić information content (AvgIpc) is 3.69. The quantitative estimate of drug-likeness (QED) is 0.0587. The maximum Gasteiger partial charge on any atom is 0.407 e. The third-order valence-corrected chi connectivity index (χ3v) is 8.59. The van der Waals surface area contributed by atoms with Crippen molar-refractivity contribution in [1.82, 2.24) is 15.3 Å². The molecule has 6 rings (SSSR count). The summed E-state index contributed by atoms with van der Waals surface area (Å²) in [5.41, 5.74) is 9.51. The number of hydrogen-bond acceptors (Lipinski definition) is 9. The van der Waals surface area contributed by atoms with Crippen LogP contribution in [0.2, 0.25) is 0 Å². The Morgan fingerprint density at radius 1 is 0.833 bits per heavy atom. The van der Waals surface area contributed by atoms with Gasteiger partial charge in [-0.2, -0.15) is 0 Å². The van der Waals surface area contributed by atoms with Crippen molar-refractivity contribution in [2.24, 2.45) is 10.7 Å². The third kappa shape index (κ3) is 9.22. The minimum absolute atomic E-state index is 0.172. The summed E-state index contributed by atoms with van der Waals surface area (Å²) in [6.07, 6.45) is -2.19. The van der Waals surface area contributed by atoms with Crippen LogP contribution in [0.1, 0.15) is 76.3 Å². The summed E-state index contributed by atoms with van der Waals surface area (Å²) in [7, 11) is 0. The second kappa shape index (κ2) is 16.6. The number of hydrogen-bond donors (Lipinski definition) is 2. The smallest absolute Gasteiger partial charge is 0.407 e. The van der Waals surface area contributed by atoms with Crippen LogP contribution in [0, 0.1) is 0 Å². The molecule has 13 heteroatoms.